The highest BCUT2D eigenvalue weighted by Gasteiger charge is 2.42. The lowest BCUT2D eigenvalue weighted by Crippen LogP contribution is -2.42. The molecule has 0 spiro atoms. The molecule has 1 aromatic carbocycles. The van der Waals surface area contributed by atoms with Gasteiger partial charge in [0.25, 0.3) is 5.91 Å². The third-order valence-electron chi connectivity index (χ3n) is 6.87. The van der Waals surface area contributed by atoms with Gasteiger partial charge in [0.05, 0.1) is 5.71 Å². The standard InChI is InChI=1S/C23H32N4O3/c1-16(21-14-17-7-8-18(21)13-17)24-22(28)15-30-26-20-9-11-27(12-10-20)23(29)25-19-5-3-2-4-6-19/h2-6,16-18,21H,7-15H2,1H3,(H,24,28)(H,25,29). The SMILES string of the molecule is CC(NC(=O)CON=C1CCN(C(=O)Nc2ccccc2)CC1)C1CC2CCC1C2. The van der Waals surface area contributed by atoms with E-state index in [4.69, 9.17) is 4.84 Å². The number of likely N-dealkylation sites (tertiary alicyclic amines) is 1. The fourth-order valence-corrected chi connectivity index (χ4v) is 5.27. The average molecular weight is 413 g/mol. The first kappa shape index (κ1) is 20.7. The number of benzene rings is 1. The molecule has 162 valence electrons. The van der Waals surface area contributed by atoms with Crippen molar-refractivity contribution in [2.45, 2.75) is 51.5 Å². The van der Waals surface area contributed by atoms with Crippen molar-refractivity contribution in [1.82, 2.24) is 10.2 Å². The van der Waals surface area contributed by atoms with Gasteiger partial charge in [-0.05, 0) is 56.1 Å². The Bertz CT molecular complexity index is 772. The lowest BCUT2D eigenvalue weighted by Gasteiger charge is -2.28. The van der Waals surface area contributed by atoms with Crippen LogP contribution in [0, 0.1) is 17.8 Å². The molecule has 2 aliphatic carbocycles. The number of hydrogen-bond donors (Lipinski definition) is 2. The Balaban J connectivity index is 1.14. The van der Waals surface area contributed by atoms with E-state index in [0.29, 0.717) is 31.8 Å². The lowest BCUT2D eigenvalue weighted by molar-refractivity contribution is -0.126. The zero-order valence-electron chi connectivity index (χ0n) is 17.7. The van der Waals surface area contributed by atoms with Crippen LogP contribution in [0.15, 0.2) is 35.5 Å². The highest BCUT2D eigenvalue weighted by atomic mass is 16.6. The van der Waals surface area contributed by atoms with E-state index >= 15 is 0 Å². The van der Waals surface area contributed by atoms with Crippen LogP contribution in [0.2, 0.25) is 0 Å². The monoisotopic (exact) mass is 412 g/mol. The average Bonchev–Trinajstić information content (AvgIpc) is 3.39. The molecule has 2 N–H and O–H groups in total. The van der Waals surface area contributed by atoms with E-state index in [1.807, 2.05) is 30.3 Å². The predicted molar refractivity (Wildman–Crippen MR) is 116 cm³/mol. The summed E-state index contributed by atoms with van der Waals surface area (Å²) in [7, 11) is 0. The first-order chi connectivity index (χ1) is 14.6. The second-order valence-electron chi connectivity index (χ2n) is 8.91. The Labute approximate surface area is 178 Å². The minimum atomic E-state index is -0.103. The number of rotatable bonds is 6. The van der Waals surface area contributed by atoms with E-state index in [1.54, 1.807) is 4.90 Å². The van der Waals surface area contributed by atoms with E-state index < -0.39 is 0 Å². The maximum Gasteiger partial charge on any atom is 0.321 e. The summed E-state index contributed by atoms with van der Waals surface area (Å²) in [6.07, 6.45) is 6.60. The fourth-order valence-electron chi connectivity index (χ4n) is 5.27. The van der Waals surface area contributed by atoms with Gasteiger partial charge in [-0.25, -0.2) is 4.79 Å². The normalized spacial score (nSPS) is 26.2. The van der Waals surface area contributed by atoms with Crippen LogP contribution in [-0.4, -0.2) is 48.3 Å². The third-order valence-corrected chi connectivity index (χ3v) is 6.87. The third kappa shape index (κ3) is 5.12. The van der Waals surface area contributed by atoms with Crippen molar-refractivity contribution in [3.8, 4) is 0 Å². The molecule has 30 heavy (non-hydrogen) atoms. The molecule has 2 bridgehead atoms. The van der Waals surface area contributed by atoms with Crippen LogP contribution in [0.1, 0.15) is 45.4 Å². The Morgan fingerprint density at radius 3 is 2.60 bits per heavy atom. The second kappa shape index (κ2) is 9.49. The first-order valence-electron chi connectivity index (χ1n) is 11.2. The number of fused-ring (bicyclic) bond motifs is 2. The number of oxime groups is 1. The number of nitrogens with one attached hydrogen (secondary N) is 2. The summed E-state index contributed by atoms with van der Waals surface area (Å²) in [5.41, 5.74) is 1.68. The molecular weight excluding hydrogens is 380 g/mol. The Morgan fingerprint density at radius 2 is 1.93 bits per heavy atom. The summed E-state index contributed by atoms with van der Waals surface area (Å²) < 4.78 is 0. The van der Waals surface area contributed by atoms with Crippen molar-refractivity contribution in [3.05, 3.63) is 30.3 Å². The van der Waals surface area contributed by atoms with Crippen molar-refractivity contribution in [1.29, 1.82) is 0 Å². The van der Waals surface area contributed by atoms with Crippen molar-refractivity contribution >= 4 is 23.3 Å². The van der Waals surface area contributed by atoms with Gasteiger partial charge in [-0.15, -0.1) is 0 Å². The topological polar surface area (TPSA) is 83.0 Å². The predicted octanol–water partition coefficient (Wildman–Crippen LogP) is 3.63. The second-order valence-corrected chi connectivity index (χ2v) is 8.91. The van der Waals surface area contributed by atoms with E-state index in [0.717, 1.165) is 23.2 Å². The zero-order chi connectivity index (χ0) is 20.9. The minimum Gasteiger partial charge on any atom is -0.386 e. The molecule has 3 fully saturated rings. The number of nitrogens with zero attached hydrogens (tertiary/aromatic N) is 2. The molecule has 1 heterocycles. The highest BCUT2D eigenvalue weighted by Crippen LogP contribution is 2.49. The summed E-state index contributed by atoms with van der Waals surface area (Å²) >= 11 is 0. The van der Waals surface area contributed by atoms with Gasteiger partial charge < -0.3 is 20.4 Å². The van der Waals surface area contributed by atoms with Crippen LogP contribution in [0.5, 0.6) is 0 Å². The Kier molecular flexibility index (Phi) is 6.55. The van der Waals surface area contributed by atoms with E-state index in [2.05, 4.69) is 22.7 Å². The van der Waals surface area contributed by atoms with Gasteiger partial charge in [0.2, 0.25) is 0 Å². The van der Waals surface area contributed by atoms with E-state index in [1.165, 1.54) is 25.7 Å². The molecule has 3 amide bonds. The van der Waals surface area contributed by atoms with Crippen LogP contribution < -0.4 is 10.6 Å². The molecule has 4 rings (SSSR count). The molecule has 4 unspecified atom stereocenters. The zero-order valence-corrected chi connectivity index (χ0v) is 17.7. The van der Waals surface area contributed by atoms with Crippen LogP contribution in [0.3, 0.4) is 0 Å². The van der Waals surface area contributed by atoms with Crippen molar-refractivity contribution in [2.24, 2.45) is 22.9 Å². The van der Waals surface area contributed by atoms with Crippen LogP contribution in [0.4, 0.5) is 10.5 Å². The van der Waals surface area contributed by atoms with Gasteiger partial charge in [-0.3, -0.25) is 4.79 Å². The largest absolute Gasteiger partial charge is 0.386 e. The van der Waals surface area contributed by atoms with E-state index in [9.17, 15) is 9.59 Å². The number of amides is 3. The maximum absolute atomic E-state index is 12.3. The molecule has 1 saturated heterocycles. The number of urea groups is 1. The Hall–Kier alpha value is -2.57. The molecule has 3 aliphatic rings. The van der Waals surface area contributed by atoms with Gasteiger partial charge >= 0.3 is 6.03 Å². The van der Waals surface area contributed by atoms with Crippen LogP contribution in [0.25, 0.3) is 0 Å². The van der Waals surface area contributed by atoms with Gasteiger partial charge in [0.1, 0.15) is 0 Å². The molecule has 0 radical (unpaired) electrons. The molecule has 0 aromatic heterocycles. The molecule has 7 nitrogen and oxygen atoms in total. The Morgan fingerprint density at radius 1 is 1.17 bits per heavy atom. The summed E-state index contributed by atoms with van der Waals surface area (Å²) in [5.74, 6) is 2.18. The number of carbonyl (C=O) groups is 2. The maximum atomic E-state index is 12.3. The van der Waals surface area contributed by atoms with Gasteiger partial charge in [0, 0.05) is 37.7 Å². The summed E-state index contributed by atoms with van der Waals surface area (Å²) in [6.45, 7) is 3.25. The van der Waals surface area contributed by atoms with Crippen molar-refractivity contribution in [2.75, 3.05) is 25.0 Å². The number of carbonyl (C=O) groups excluding carboxylic acids is 2. The molecule has 1 aliphatic heterocycles. The molecule has 7 heteroatoms. The van der Waals surface area contributed by atoms with Crippen LogP contribution >= 0.6 is 0 Å². The molecular formula is C23H32N4O3. The smallest absolute Gasteiger partial charge is 0.321 e. The fraction of sp³-hybridized carbons (Fsp3) is 0.609. The van der Waals surface area contributed by atoms with E-state index in [-0.39, 0.29) is 24.6 Å². The first-order valence-corrected chi connectivity index (χ1v) is 11.2. The lowest BCUT2D eigenvalue weighted by atomic mass is 9.84. The van der Waals surface area contributed by atoms with Crippen LogP contribution in [-0.2, 0) is 9.63 Å². The number of anilines is 1. The quantitative estimate of drug-likeness (QED) is 0.700. The number of piperidine rings is 1. The summed E-state index contributed by atoms with van der Waals surface area (Å²) in [4.78, 5) is 31.6. The van der Waals surface area contributed by atoms with Crippen molar-refractivity contribution < 1.29 is 14.4 Å². The van der Waals surface area contributed by atoms with Gasteiger partial charge in [-0.1, -0.05) is 29.8 Å². The molecule has 2 saturated carbocycles. The number of hydrogen-bond acceptors (Lipinski definition) is 4. The molecule has 4 atom stereocenters. The summed E-state index contributed by atoms with van der Waals surface area (Å²) in [5, 5.41) is 10.1. The van der Waals surface area contributed by atoms with Crippen molar-refractivity contribution in [3.63, 3.8) is 0 Å². The minimum absolute atomic E-state index is 0.0487. The van der Waals surface area contributed by atoms with Gasteiger partial charge in [-0.2, -0.15) is 0 Å². The number of para-hydroxylation sites is 1. The highest BCUT2D eigenvalue weighted by molar-refractivity contribution is 5.92. The van der Waals surface area contributed by atoms with Gasteiger partial charge in [0.15, 0.2) is 6.61 Å². The molecule has 1 aromatic rings. The summed E-state index contributed by atoms with van der Waals surface area (Å²) in [6, 6.07) is 9.53.